The first kappa shape index (κ1) is 11.1. The van der Waals surface area contributed by atoms with Crippen molar-refractivity contribution in [1.82, 2.24) is 20.3 Å². The molecule has 4 nitrogen and oxygen atoms in total. The minimum atomic E-state index is 0.719. The van der Waals surface area contributed by atoms with E-state index in [0.29, 0.717) is 0 Å². The van der Waals surface area contributed by atoms with E-state index in [4.69, 9.17) is 11.6 Å². The predicted octanol–water partition coefficient (Wildman–Crippen LogP) is 1.85. The smallest absolute Gasteiger partial charge is 0.0885 e. The summed E-state index contributed by atoms with van der Waals surface area (Å²) in [5.74, 6) is 0. The summed E-state index contributed by atoms with van der Waals surface area (Å²) in [6.07, 6.45) is 1.74. The van der Waals surface area contributed by atoms with Gasteiger partial charge in [0, 0.05) is 24.2 Å². The van der Waals surface area contributed by atoms with Crippen LogP contribution in [-0.4, -0.2) is 22.0 Å². The summed E-state index contributed by atoms with van der Waals surface area (Å²) in [6.45, 7) is 0.789. The van der Waals surface area contributed by atoms with Gasteiger partial charge in [0.2, 0.25) is 0 Å². The molecule has 0 aliphatic rings. The zero-order valence-corrected chi connectivity index (χ0v) is 9.99. The highest BCUT2D eigenvalue weighted by molar-refractivity contribution is 6.30. The number of aromatic nitrogens is 3. The minimum absolute atomic E-state index is 0.719. The highest BCUT2D eigenvalue weighted by Crippen LogP contribution is 2.25. The van der Waals surface area contributed by atoms with Crippen molar-refractivity contribution in [3.63, 3.8) is 0 Å². The first-order valence-corrected chi connectivity index (χ1v) is 5.38. The molecule has 0 amide bonds. The molecule has 2 rings (SSSR count). The first-order valence-electron chi connectivity index (χ1n) is 5.00. The Morgan fingerprint density at radius 2 is 2.25 bits per heavy atom. The van der Waals surface area contributed by atoms with Crippen LogP contribution in [0.2, 0.25) is 5.02 Å². The Labute approximate surface area is 99.2 Å². The Hall–Kier alpha value is -1.39. The quantitative estimate of drug-likeness (QED) is 0.885. The third-order valence-electron chi connectivity index (χ3n) is 2.43. The summed E-state index contributed by atoms with van der Waals surface area (Å²) in [7, 11) is 3.78. The highest BCUT2D eigenvalue weighted by atomic mass is 35.5. The van der Waals surface area contributed by atoms with Gasteiger partial charge < -0.3 is 5.32 Å². The summed E-state index contributed by atoms with van der Waals surface area (Å²) in [4.78, 5) is 0. The van der Waals surface area contributed by atoms with Crippen LogP contribution < -0.4 is 5.32 Å². The van der Waals surface area contributed by atoms with Gasteiger partial charge in [-0.15, -0.1) is 5.10 Å². The Bertz CT molecular complexity index is 492. The highest BCUT2D eigenvalue weighted by Gasteiger charge is 2.09. The zero-order chi connectivity index (χ0) is 11.5. The van der Waals surface area contributed by atoms with Gasteiger partial charge >= 0.3 is 0 Å². The van der Waals surface area contributed by atoms with Gasteiger partial charge in [-0.25, -0.2) is 4.68 Å². The van der Waals surface area contributed by atoms with Crippen LogP contribution in [0.15, 0.2) is 24.4 Å². The van der Waals surface area contributed by atoms with E-state index in [-0.39, 0.29) is 0 Å². The van der Waals surface area contributed by atoms with Gasteiger partial charge in [-0.3, -0.25) is 0 Å². The predicted molar refractivity (Wildman–Crippen MR) is 64.2 cm³/mol. The standard InChI is InChI=1S/C11H13ClN4/c1-13-6-8-3-4-9(12)5-10(8)11-7-14-15-16(11)2/h3-5,7,13H,6H2,1-2H3. The molecule has 0 fully saturated rings. The maximum absolute atomic E-state index is 6.02. The number of hydrogen-bond donors (Lipinski definition) is 1. The lowest BCUT2D eigenvalue weighted by Crippen LogP contribution is -2.07. The summed E-state index contributed by atoms with van der Waals surface area (Å²) in [6, 6.07) is 5.84. The van der Waals surface area contributed by atoms with Crippen molar-refractivity contribution >= 4 is 11.6 Å². The SMILES string of the molecule is CNCc1ccc(Cl)cc1-c1cnnn1C. The third-order valence-corrected chi connectivity index (χ3v) is 2.66. The van der Waals surface area contributed by atoms with E-state index in [1.165, 1.54) is 5.56 Å². The van der Waals surface area contributed by atoms with E-state index in [9.17, 15) is 0 Å². The van der Waals surface area contributed by atoms with E-state index in [0.717, 1.165) is 22.8 Å². The van der Waals surface area contributed by atoms with Crippen molar-refractivity contribution in [2.45, 2.75) is 6.54 Å². The van der Waals surface area contributed by atoms with Crippen molar-refractivity contribution in [2.75, 3.05) is 7.05 Å². The van der Waals surface area contributed by atoms with Crippen molar-refractivity contribution in [1.29, 1.82) is 0 Å². The van der Waals surface area contributed by atoms with Crippen molar-refractivity contribution in [3.8, 4) is 11.3 Å². The molecule has 0 atom stereocenters. The molecule has 2 aromatic rings. The van der Waals surface area contributed by atoms with Crippen LogP contribution in [-0.2, 0) is 13.6 Å². The molecule has 0 spiro atoms. The lowest BCUT2D eigenvalue weighted by atomic mass is 10.0. The van der Waals surface area contributed by atoms with Gasteiger partial charge in [0.05, 0.1) is 11.9 Å². The molecule has 0 radical (unpaired) electrons. The molecule has 0 aliphatic heterocycles. The summed E-state index contributed by atoms with van der Waals surface area (Å²) in [5, 5.41) is 11.7. The van der Waals surface area contributed by atoms with Crippen LogP contribution in [0, 0.1) is 0 Å². The van der Waals surface area contributed by atoms with E-state index < -0.39 is 0 Å². The number of hydrogen-bond acceptors (Lipinski definition) is 3. The number of nitrogens with one attached hydrogen (secondary N) is 1. The first-order chi connectivity index (χ1) is 7.72. The van der Waals surface area contributed by atoms with Crippen molar-refractivity contribution in [3.05, 3.63) is 35.0 Å². The molecule has 5 heteroatoms. The Morgan fingerprint density at radius 1 is 1.44 bits per heavy atom. The summed E-state index contributed by atoms with van der Waals surface area (Å²) >= 11 is 6.02. The third kappa shape index (κ3) is 2.08. The molecule has 0 saturated heterocycles. The van der Waals surface area contributed by atoms with E-state index >= 15 is 0 Å². The number of benzene rings is 1. The maximum atomic E-state index is 6.02. The molecule has 84 valence electrons. The van der Waals surface area contributed by atoms with Crippen molar-refractivity contribution in [2.24, 2.45) is 7.05 Å². The fourth-order valence-electron chi connectivity index (χ4n) is 1.67. The molecular formula is C11H13ClN4. The largest absolute Gasteiger partial charge is 0.316 e. The average molecular weight is 237 g/mol. The lowest BCUT2D eigenvalue weighted by Gasteiger charge is -2.09. The van der Waals surface area contributed by atoms with Crippen LogP contribution >= 0.6 is 11.6 Å². The number of rotatable bonds is 3. The molecule has 1 aromatic carbocycles. The zero-order valence-electron chi connectivity index (χ0n) is 9.24. The van der Waals surface area contributed by atoms with Gasteiger partial charge in [-0.1, -0.05) is 22.9 Å². The molecule has 1 N–H and O–H groups in total. The fraction of sp³-hybridized carbons (Fsp3) is 0.273. The molecule has 16 heavy (non-hydrogen) atoms. The second-order valence-electron chi connectivity index (χ2n) is 3.57. The van der Waals surface area contributed by atoms with Gasteiger partial charge in [0.15, 0.2) is 0 Å². The van der Waals surface area contributed by atoms with Gasteiger partial charge in [0.25, 0.3) is 0 Å². The lowest BCUT2D eigenvalue weighted by molar-refractivity contribution is 0.719. The average Bonchev–Trinajstić information content (AvgIpc) is 2.67. The maximum Gasteiger partial charge on any atom is 0.0885 e. The molecule has 1 aromatic heterocycles. The molecular weight excluding hydrogens is 224 g/mol. The topological polar surface area (TPSA) is 42.7 Å². The number of nitrogens with zero attached hydrogens (tertiary/aromatic N) is 3. The van der Waals surface area contributed by atoms with Crippen LogP contribution in [0.3, 0.4) is 0 Å². The van der Waals surface area contributed by atoms with E-state index in [1.54, 1.807) is 10.9 Å². The molecule has 1 heterocycles. The van der Waals surface area contributed by atoms with Crippen LogP contribution in [0.5, 0.6) is 0 Å². The number of halogens is 1. The molecule has 0 unspecified atom stereocenters. The number of aryl methyl sites for hydroxylation is 1. The van der Waals surface area contributed by atoms with Crippen LogP contribution in [0.4, 0.5) is 0 Å². The normalized spacial score (nSPS) is 10.7. The van der Waals surface area contributed by atoms with Crippen LogP contribution in [0.25, 0.3) is 11.3 Å². The summed E-state index contributed by atoms with van der Waals surface area (Å²) in [5.41, 5.74) is 3.21. The second kappa shape index (κ2) is 4.63. The Balaban J connectivity index is 2.53. The van der Waals surface area contributed by atoms with E-state index in [2.05, 4.69) is 15.6 Å². The van der Waals surface area contributed by atoms with Crippen LogP contribution in [0.1, 0.15) is 5.56 Å². The van der Waals surface area contributed by atoms with E-state index in [1.807, 2.05) is 32.3 Å². The molecule has 0 bridgehead atoms. The monoisotopic (exact) mass is 236 g/mol. The Kier molecular flexibility index (Phi) is 3.22. The van der Waals surface area contributed by atoms with Crippen molar-refractivity contribution < 1.29 is 0 Å². The second-order valence-corrected chi connectivity index (χ2v) is 4.01. The molecule has 0 aliphatic carbocycles. The van der Waals surface area contributed by atoms with Gasteiger partial charge in [-0.2, -0.15) is 0 Å². The summed E-state index contributed by atoms with van der Waals surface area (Å²) < 4.78 is 1.74. The van der Waals surface area contributed by atoms with Gasteiger partial charge in [-0.05, 0) is 24.7 Å². The Morgan fingerprint density at radius 3 is 2.88 bits per heavy atom. The van der Waals surface area contributed by atoms with Gasteiger partial charge in [0.1, 0.15) is 0 Å². The molecule has 0 saturated carbocycles. The minimum Gasteiger partial charge on any atom is -0.316 e. The fourth-order valence-corrected chi connectivity index (χ4v) is 1.84.